The highest BCUT2D eigenvalue weighted by Gasteiger charge is 2.15. The number of nitrogens with one attached hydrogen (secondary N) is 1. The lowest BCUT2D eigenvalue weighted by Gasteiger charge is -2.25. The van der Waals surface area contributed by atoms with Gasteiger partial charge in [-0.25, -0.2) is 0 Å². The van der Waals surface area contributed by atoms with Crippen LogP contribution in [-0.4, -0.2) is 48.3 Å². The minimum absolute atomic E-state index is 0. The molecule has 1 aliphatic rings. The number of nitrogens with zero attached hydrogens (tertiary/aromatic N) is 3. The third-order valence-electron chi connectivity index (χ3n) is 3.89. The van der Waals surface area contributed by atoms with Crippen LogP contribution in [0.5, 0.6) is 0 Å². The van der Waals surface area contributed by atoms with Gasteiger partial charge in [0.2, 0.25) is 0 Å². The van der Waals surface area contributed by atoms with Crippen molar-refractivity contribution in [1.82, 2.24) is 14.8 Å². The highest BCUT2D eigenvalue weighted by Crippen LogP contribution is 2.15. The van der Waals surface area contributed by atoms with Crippen LogP contribution in [0.4, 0.5) is 0 Å². The smallest absolute Gasteiger partial charge is 0.194 e. The first-order chi connectivity index (χ1) is 10.6. The summed E-state index contributed by atoms with van der Waals surface area (Å²) >= 11 is 3.52. The van der Waals surface area contributed by atoms with Gasteiger partial charge in [0.15, 0.2) is 5.96 Å². The molecule has 0 amide bonds. The van der Waals surface area contributed by atoms with Crippen molar-refractivity contribution in [1.29, 1.82) is 0 Å². The Labute approximate surface area is 165 Å². The van der Waals surface area contributed by atoms with Crippen molar-refractivity contribution in [2.24, 2.45) is 12.0 Å². The summed E-state index contributed by atoms with van der Waals surface area (Å²) < 4.78 is 9.00. The second-order valence-electron chi connectivity index (χ2n) is 5.80. The van der Waals surface area contributed by atoms with Crippen molar-refractivity contribution in [2.75, 3.05) is 26.7 Å². The minimum Gasteiger partial charge on any atom is -0.376 e. The predicted octanol–water partition coefficient (Wildman–Crippen LogP) is 3.37. The van der Waals surface area contributed by atoms with Gasteiger partial charge in [0.25, 0.3) is 0 Å². The highest BCUT2D eigenvalue weighted by molar-refractivity contribution is 14.0. The molecule has 5 nitrogen and oxygen atoms in total. The maximum absolute atomic E-state index is 5.76. The number of aliphatic imine (C=N–C) groups is 1. The second kappa shape index (κ2) is 10.6. The van der Waals surface area contributed by atoms with Crippen LogP contribution in [-0.2, 0) is 18.3 Å². The standard InChI is InChI=1S/C16H27BrN4O.HI/c1-4-18-16(19-10-15-7-5-6-8-22-15)21(3)12-14-9-13(17)11-20(14)2;/h9,11,15H,4-8,10,12H2,1-3H3,(H,18,19);1H. The van der Waals surface area contributed by atoms with E-state index in [2.05, 4.69) is 64.0 Å². The Kier molecular flexibility index (Phi) is 9.53. The molecule has 7 heteroatoms. The van der Waals surface area contributed by atoms with E-state index < -0.39 is 0 Å². The van der Waals surface area contributed by atoms with Crippen LogP contribution in [0.25, 0.3) is 0 Å². The molecule has 2 heterocycles. The fraction of sp³-hybridized carbons (Fsp3) is 0.688. The molecule has 0 aromatic carbocycles. The van der Waals surface area contributed by atoms with Crippen LogP contribution in [0, 0.1) is 0 Å². The molecular formula is C16H28BrIN4O. The normalized spacial score (nSPS) is 18.4. The maximum Gasteiger partial charge on any atom is 0.194 e. The van der Waals surface area contributed by atoms with Crippen molar-refractivity contribution in [2.45, 2.75) is 38.8 Å². The summed E-state index contributed by atoms with van der Waals surface area (Å²) in [6.07, 6.45) is 5.91. The Morgan fingerprint density at radius 1 is 1.52 bits per heavy atom. The molecular weight excluding hydrogens is 471 g/mol. The summed E-state index contributed by atoms with van der Waals surface area (Å²) in [6, 6.07) is 2.14. The third kappa shape index (κ3) is 6.62. The molecule has 1 N–H and O–H groups in total. The lowest BCUT2D eigenvalue weighted by Crippen LogP contribution is -2.39. The summed E-state index contributed by atoms with van der Waals surface area (Å²) in [5.74, 6) is 0.939. The van der Waals surface area contributed by atoms with Crippen LogP contribution in [0.1, 0.15) is 31.9 Å². The Morgan fingerprint density at radius 3 is 2.87 bits per heavy atom. The number of ether oxygens (including phenoxy) is 1. The topological polar surface area (TPSA) is 41.8 Å². The average Bonchev–Trinajstić information content (AvgIpc) is 2.82. The van der Waals surface area contributed by atoms with Gasteiger partial charge in [-0.15, -0.1) is 24.0 Å². The molecule has 23 heavy (non-hydrogen) atoms. The van der Waals surface area contributed by atoms with Crippen LogP contribution in [0.3, 0.4) is 0 Å². The summed E-state index contributed by atoms with van der Waals surface area (Å²) in [5, 5.41) is 3.37. The Morgan fingerprint density at radius 2 is 2.30 bits per heavy atom. The zero-order valence-corrected chi connectivity index (χ0v) is 18.1. The van der Waals surface area contributed by atoms with Crippen LogP contribution in [0.15, 0.2) is 21.7 Å². The van der Waals surface area contributed by atoms with Crippen molar-refractivity contribution < 1.29 is 4.74 Å². The third-order valence-corrected chi connectivity index (χ3v) is 4.32. The minimum atomic E-state index is 0. The molecule has 1 fully saturated rings. The fourth-order valence-corrected chi connectivity index (χ4v) is 3.22. The lowest BCUT2D eigenvalue weighted by atomic mass is 10.1. The summed E-state index contributed by atoms with van der Waals surface area (Å²) in [6.45, 7) is 5.40. The van der Waals surface area contributed by atoms with Gasteiger partial charge in [0, 0.05) is 43.6 Å². The van der Waals surface area contributed by atoms with Crippen molar-refractivity contribution in [3.63, 3.8) is 0 Å². The molecule has 132 valence electrons. The molecule has 0 radical (unpaired) electrons. The van der Waals surface area contributed by atoms with E-state index >= 15 is 0 Å². The lowest BCUT2D eigenvalue weighted by molar-refractivity contribution is 0.0223. The van der Waals surface area contributed by atoms with Gasteiger partial charge in [-0.05, 0) is 48.2 Å². The van der Waals surface area contributed by atoms with E-state index in [9.17, 15) is 0 Å². The fourth-order valence-electron chi connectivity index (χ4n) is 2.65. The second-order valence-corrected chi connectivity index (χ2v) is 6.72. The molecule has 0 aliphatic carbocycles. The number of hydrogen-bond acceptors (Lipinski definition) is 2. The molecule has 1 unspecified atom stereocenters. The first-order valence-corrected chi connectivity index (χ1v) is 8.81. The molecule has 2 rings (SSSR count). The van der Waals surface area contributed by atoms with E-state index in [1.807, 2.05) is 0 Å². The molecule has 0 bridgehead atoms. The molecule has 1 aromatic heterocycles. The number of halogens is 2. The zero-order valence-electron chi connectivity index (χ0n) is 14.2. The number of aromatic nitrogens is 1. The largest absolute Gasteiger partial charge is 0.376 e. The van der Waals surface area contributed by atoms with Crippen molar-refractivity contribution in [3.8, 4) is 0 Å². The summed E-state index contributed by atoms with van der Waals surface area (Å²) in [5.41, 5.74) is 1.24. The van der Waals surface area contributed by atoms with Gasteiger partial charge in [-0.2, -0.15) is 0 Å². The molecule has 1 atom stereocenters. The van der Waals surface area contributed by atoms with Gasteiger partial charge >= 0.3 is 0 Å². The van der Waals surface area contributed by atoms with Gasteiger partial charge in [0.05, 0.1) is 19.2 Å². The van der Waals surface area contributed by atoms with Crippen LogP contribution < -0.4 is 5.32 Å². The molecule has 1 aromatic rings. The Hall–Kier alpha value is -0.280. The maximum atomic E-state index is 5.76. The van der Waals surface area contributed by atoms with Gasteiger partial charge in [-0.3, -0.25) is 4.99 Å². The van der Waals surface area contributed by atoms with E-state index in [0.717, 1.165) is 43.1 Å². The van der Waals surface area contributed by atoms with Gasteiger partial charge in [-0.1, -0.05) is 0 Å². The number of hydrogen-bond donors (Lipinski definition) is 1. The highest BCUT2D eigenvalue weighted by atomic mass is 127. The quantitative estimate of drug-likeness (QED) is 0.384. The molecule has 0 spiro atoms. The average molecular weight is 499 g/mol. The van der Waals surface area contributed by atoms with Gasteiger partial charge < -0.3 is 19.5 Å². The van der Waals surface area contributed by atoms with E-state index in [1.165, 1.54) is 18.5 Å². The van der Waals surface area contributed by atoms with Crippen LogP contribution >= 0.6 is 39.9 Å². The zero-order chi connectivity index (χ0) is 15.9. The molecule has 1 saturated heterocycles. The first kappa shape index (κ1) is 20.8. The Bertz CT molecular complexity index is 500. The first-order valence-electron chi connectivity index (χ1n) is 8.02. The summed E-state index contributed by atoms with van der Waals surface area (Å²) in [4.78, 5) is 6.92. The monoisotopic (exact) mass is 498 g/mol. The van der Waals surface area contributed by atoms with E-state index in [1.54, 1.807) is 0 Å². The SMILES string of the molecule is CCNC(=NCC1CCCCO1)N(C)Cc1cc(Br)cn1C.I. The molecule has 1 aliphatic heterocycles. The number of rotatable bonds is 5. The summed E-state index contributed by atoms with van der Waals surface area (Å²) in [7, 11) is 4.14. The van der Waals surface area contributed by atoms with Crippen molar-refractivity contribution >= 4 is 45.9 Å². The number of aryl methyl sites for hydroxylation is 1. The van der Waals surface area contributed by atoms with Crippen LogP contribution in [0.2, 0.25) is 0 Å². The molecule has 0 saturated carbocycles. The van der Waals surface area contributed by atoms with E-state index in [4.69, 9.17) is 9.73 Å². The van der Waals surface area contributed by atoms with Crippen molar-refractivity contribution in [3.05, 3.63) is 22.4 Å². The van der Waals surface area contributed by atoms with Gasteiger partial charge in [0.1, 0.15) is 0 Å². The number of guanidine groups is 1. The van der Waals surface area contributed by atoms with E-state index in [0.29, 0.717) is 0 Å². The van der Waals surface area contributed by atoms with E-state index in [-0.39, 0.29) is 30.1 Å². The predicted molar refractivity (Wildman–Crippen MR) is 110 cm³/mol. The Balaban J connectivity index is 0.00000264.